The number of nitrogens with zero attached hydrogens (tertiary/aromatic N) is 2. The van der Waals surface area contributed by atoms with Gasteiger partial charge in [0, 0.05) is 18.0 Å². The molecule has 0 unspecified atom stereocenters. The molecule has 0 saturated heterocycles. The maximum atomic E-state index is 4.80. The molecule has 2 nitrogen and oxygen atoms in total. The first-order valence-electron chi connectivity index (χ1n) is 14.5. The third-order valence-electron chi connectivity index (χ3n) is 7.81. The van der Waals surface area contributed by atoms with Gasteiger partial charge >= 0.3 is 0 Å². The average Bonchev–Trinajstić information content (AvgIpc) is 3.51. The van der Waals surface area contributed by atoms with E-state index in [1.807, 2.05) is 6.20 Å². The molecule has 202 valence electrons. The van der Waals surface area contributed by atoms with Crippen molar-refractivity contribution in [3.63, 3.8) is 0 Å². The molecule has 0 aliphatic heterocycles. The predicted molar refractivity (Wildman–Crippen MR) is 173 cm³/mol. The van der Waals surface area contributed by atoms with Crippen molar-refractivity contribution in [2.75, 3.05) is 0 Å². The molecule has 0 saturated carbocycles. The van der Waals surface area contributed by atoms with Crippen molar-refractivity contribution in [2.45, 2.75) is 39.5 Å². The van der Waals surface area contributed by atoms with Gasteiger partial charge in [0.05, 0.1) is 5.69 Å². The van der Waals surface area contributed by atoms with E-state index in [-0.39, 0.29) is 0 Å². The normalized spacial score (nSPS) is 11.4. The van der Waals surface area contributed by atoms with Crippen molar-refractivity contribution in [3.05, 3.63) is 145 Å². The van der Waals surface area contributed by atoms with Crippen LogP contribution in [-0.2, 0) is 0 Å². The summed E-state index contributed by atoms with van der Waals surface area (Å²) in [6, 6.07) is 43.7. The fourth-order valence-electron chi connectivity index (χ4n) is 5.68. The maximum Gasteiger partial charge on any atom is 0.144 e. The molecule has 1 aromatic heterocycles. The zero-order chi connectivity index (χ0) is 28.3. The number of aromatic nitrogens is 2. The van der Waals surface area contributed by atoms with Crippen molar-refractivity contribution in [1.29, 1.82) is 0 Å². The second kappa shape index (κ2) is 11.4. The van der Waals surface area contributed by atoms with Gasteiger partial charge in [-0.2, -0.15) is 0 Å². The van der Waals surface area contributed by atoms with Crippen LogP contribution in [0.5, 0.6) is 0 Å². The van der Waals surface area contributed by atoms with Crippen LogP contribution >= 0.6 is 0 Å². The molecule has 0 radical (unpaired) electrons. The van der Waals surface area contributed by atoms with Crippen LogP contribution in [0, 0.1) is 0 Å². The predicted octanol–water partition coefficient (Wildman–Crippen LogP) is 10.8. The van der Waals surface area contributed by atoms with Crippen molar-refractivity contribution >= 4 is 0 Å². The summed E-state index contributed by atoms with van der Waals surface area (Å²) in [7, 11) is 0. The van der Waals surface area contributed by atoms with Crippen molar-refractivity contribution in [1.82, 2.24) is 9.55 Å². The molecule has 0 fully saturated rings. The van der Waals surface area contributed by atoms with E-state index in [0.29, 0.717) is 11.8 Å². The Hall–Kier alpha value is -4.69. The molecule has 0 aliphatic rings. The Morgan fingerprint density at radius 2 is 0.854 bits per heavy atom. The summed E-state index contributed by atoms with van der Waals surface area (Å²) in [5.41, 5.74) is 12.4. The molecule has 0 N–H and O–H groups in total. The highest BCUT2D eigenvalue weighted by atomic mass is 15.1. The van der Waals surface area contributed by atoms with Crippen LogP contribution < -0.4 is 0 Å². The van der Waals surface area contributed by atoms with Crippen LogP contribution in [0.4, 0.5) is 0 Å². The third-order valence-corrected chi connectivity index (χ3v) is 7.81. The van der Waals surface area contributed by atoms with Crippen LogP contribution in [0.3, 0.4) is 0 Å². The number of rotatable bonds is 7. The number of hydrogen-bond donors (Lipinski definition) is 0. The van der Waals surface area contributed by atoms with Gasteiger partial charge in [0.2, 0.25) is 0 Å². The van der Waals surface area contributed by atoms with E-state index in [0.717, 1.165) is 11.4 Å². The van der Waals surface area contributed by atoms with Gasteiger partial charge in [-0.05, 0) is 86.7 Å². The van der Waals surface area contributed by atoms with Crippen molar-refractivity contribution < 1.29 is 0 Å². The Morgan fingerprint density at radius 3 is 1.29 bits per heavy atom. The summed E-state index contributed by atoms with van der Waals surface area (Å²) in [6.45, 7) is 9.17. The van der Waals surface area contributed by atoms with Crippen LogP contribution in [0.15, 0.2) is 134 Å². The molecule has 0 spiro atoms. The average molecular weight is 533 g/mol. The van der Waals surface area contributed by atoms with Crippen molar-refractivity contribution in [3.8, 4) is 50.5 Å². The molecule has 2 heteroatoms. The number of hydrogen-bond acceptors (Lipinski definition) is 1. The summed E-state index contributed by atoms with van der Waals surface area (Å²) < 4.78 is 2.29. The SMILES string of the molecule is CC(C)c1cc(-c2cc(-c3ccccc3)cc(-c3ccccc3)c2)cc(C(C)C)c1-n1ccnc1-c1ccccc1. The highest BCUT2D eigenvalue weighted by molar-refractivity contribution is 5.82. The second-order valence-electron chi connectivity index (χ2n) is 11.3. The molecular weight excluding hydrogens is 496 g/mol. The Labute approximate surface area is 244 Å². The third kappa shape index (κ3) is 5.38. The lowest BCUT2D eigenvalue weighted by Crippen LogP contribution is -2.08. The fraction of sp³-hybridized carbons (Fsp3) is 0.154. The van der Waals surface area contributed by atoms with Crippen LogP contribution in [0.1, 0.15) is 50.7 Å². The largest absolute Gasteiger partial charge is 0.299 e. The first kappa shape index (κ1) is 26.5. The minimum absolute atomic E-state index is 0.333. The van der Waals surface area contributed by atoms with E-state index < -0.39 is 0 Å². The smallest absolute Gasteiger partial charge is 0.144 e. The molecule has 1 heterocycles. The van der Waals surface area contributed by atoms with Gasteiger partial charge in [-0.1, -0.05) is 119 Å². The summed E-state index contributed by atoms with van der Waals surface area (Å²) in [5.74, 6) is 1.64. The Morgan fingerprint density at radius 1 is 0.463 bits per heavy atom. The zero-order valence-electron chi connectivity index (χ0n) is 24.3. The molecule has 41 heavy (non-hydrogen) atoms. The van der Waals surface area contributed by atoms with Gasteiger partial charge < -0.3 is 0 Å². The highest BCUT2D eigenvalue weighted by Crippen LogP contribution is 2.40. The van der Waals surface area contributed by atoms with E-state index >= 15 is 0 Å². The Kier molecular flexibility index (Phi) is 7.39. The number of imidazole rings is 1. The topological polar surface area (TPSA) is 17.8 Å². The van der Waals surface area contributed by atoms with Crippen molar-refractivity contribution in [2.24, 2.45) is 0 Å². The Balaban J connectivity index is 1.58. The minimum Gasteiger partial charge on any atom is -0.299 e. The van der Waals surface area contributed by atoms with E-state index in [1.54, 1.807) is 0 Å². The molecule has 0 amide bonds. The second-order valence-corrected chi connectivity index (χ2v) is 11.3. The first-order valence-corrected chi connectivity index (χ1v) is 14.5. The molecule has 0 bridgehead atoms. The minimum atomic E-state index is 0.333. The van der Waals surface area contributed by atoms with Gasteiger partial charge in [0.25, 0.3) is 0 Å². The molecule has 0 atom stereocenters. The number of benzene rings is 5. The van der Waals surface area contributed by atoms with Gasteiger partial charge in [-0.15, -0.1) is 0 Å². The quantitative estimate of drug-likeness (QED) is 0.200. The summed E-state index contributed by atoms with van der Waals surface area (Å²) in [6.07, 6.45) is 4.03. The monoisotopic (exact) mass is 532 g/mol. The standard InChI is InChI=1S/C39H36N2/c1-27(2)36-25-35(26-37(28(3)4)38(36)41-21-20-40-39(41)31-18-12-7-13-19-31)34-23-32(29-14-8-5-9-15-29)22-33(24-34)30-16-10-6-11-17-30/h5-28H,1-4H3. The van der Waals surface area contributed by atoms with E-state index in [9.17, 15) is 0 Å². The lowest BCUT2D eigenvalue weighted by atomic mass is 9.86. The van der Waals surface area contributed by atoms with E-state index in [4.69, 9.17) is 4.98 Å². The summed E-state index contributed by atoms with van der Waals surface area (Å²) >= 11 is 0. The summed E-state index contributed by atoms with van der Waals surface area (Å²) in [5, 5.41) is 0. The van der Waals surface area contributed by atoms with E-state index in [1.165, 1.54) is 50.2 Å². The van der Waals surface area contributed by atoms with Gasteiger partial charge in [-0.25, -0.2) is 4.98 Å². The van der Waals surface area contributed by atoms with Crippen LogP contribution in [0.2, 0.25) is 0 Å². The van der Waals surface area contributed by atoms with Gasteiger partial charge in [0.15, 0.2) is 0 Å². The highest BCUT2D eigenvalue weighted by Gasteiger charge is 2.21. The molecule has 6 aromatic rings. The lowest BCUT2D eigenvalue weighted by molar-refractivity contribution is 0.807. The van der Waals surface area contributed by atoms with Gasteiger partial charge in [-0.3, -0.25) is 4.57 Å². The molecule has 6 rings (SSSR count). The van der Waals surface area contributed by atoms with Crippen LogP contribution in [0.25, 0.3) is 50.5 Å². The Bertz CT molecular complexity index is 1670. The van der Waals surface area contributed by atoms with E-state index in [2.05, 4.69) is 160 Å². The maximum absolute atomic E-state index is 4.80. The molecular formula is C39H36N2. The van der Waals surface area contributed by atoms with Crippen LogP contribution in [-0.4, -0.2) is 9.55 Å². The molecule has 0 aliphatic carbocycles. The molecule has 5 aromatic carbocycles. The summed E-state index contributed by atoms with van der Waals surface area (Å²) in [4.78, 5) is 4.80. The first-order chi connectivity index (χ1) is 20.0. The lowest BCUT2D eigenvalue weighted by Gasteiger charge is -2.24. The zero-order valence-corrected chi connectivity index (χ0v) is 24.3. The van der Waals surface area contributed by atoms with Gasteiger partial charge in [0.1, 0.15) is 5.82 Å². The fourth-order valence-corrected chi connectivity index (χ4v) is 5.68.